The second kappa shape index (κ2) is 5.52. The number of ether oxygens (including phenoxy) is 1. The summed E-state index contributed by atoms with van der Waals surface area (Å²) in [6.07, 6.45) is 0. The van der Waals surface area contributed by atoms with E-state index in [1.807, 2.05) is 31.2 Å². The first-order valence-electron chi connectivity index (χ1n) is 7.29. The number of hydrogen-bond acceptors (Lipinski definition) is 4. The Morgan fingerprint density at radius 3 is 2.62 bits per heavy atom. The van der Waals surface area contributed by atoms with Gasteiger partial charge in [-0.1, -0.05) is 23.7 Å². The Bertz CT molecular complexity index is 1110. The summed E-state index contributed by atoms with van der Waals surface area (Å²) in [5, 5.41) is 14.7. The van der Waals surface area contributed by atoms with Crippen molar-refractivity contribution >= 4 is 28.2 Å². The average Bonchev–Trinajstić information content (AvgIpc) is 2.91. The number of aryl methyl sites for hydroxylation is 1. The van der Waals surface area contributed by atoms with E-state index >= 15 is 0 Å². The average molecular weight is 335 g/mol. The fourth-order valence-electron chi connectivity index (χ4n) is 2.54. The first kappa shape index (κ1) is 14.5. The van der Waals surface area contributed by atoms with Crippen LogP contribution in [0.25, 0.3) is 16.6 Å². The maximum atomic E-state index is 8.88. The van der Waals surface area contributed by atoms with E-state index in [0.717, 1.165) is 10.9 Å². The van der Waals surface area contributed by atoms with Gasteiger partial charge in [0, 0.05) is 0 Å². The van der Waals surface area contributed by atoms with Gasteiger partial charge in [-0.15, -0.1) is 0 Å². The number of nitriles is 1. The molecule has 0 amide bonds. The summed E-state index contributed by atoms with van der Waals surface area (Å²) in [6.45, 7) is 1.84. The SMILES string of the molecule is Cc1nn2c(nc(Oc3ccc(C#N)cc3)c3ccccc32)c1Cl. The smallest absolute Gasteiger partial charge is 0.230 e. The van der Waals surface area contributed by atoms with Gasteiger partial charge in [0.15, 0.2) is 5.65 Å². The summed E-state index contributed by atoms with van der Waals surface area (Å²) in [4.78, 5) is 4.54. The van der Waals surface area contributed by atoms with E-state index in [1.54, 1.807) is 28.8 Å². The van der Waals surface area contributed by atoms with Crippen LogP contribution in [0.3, 0.4) is 0 Å². The third kappa shape index (κ3) is 2.25. The molecule has 6 heteroatoms. The van der Waals surface area contributed by atoms with Crippen LogP contribution in [-0.2, 0) is 0 Å². The minimum atomic E-state index is 0.449. The van der Waals surface area contributed by atoms with Gasteiger partial charge in [0.1, 0.15) is 10.8 Å². The molecule has 4 aromatic rings. The lowest BCUT2D eigenvalue weighted by Crippen LogP contribution is -1.97. The Morgan fingerprint density at radius 2 is 1.88 bits per heavy atom. The standard InChI is InChI=1S/C18H11ClN4O/c1-11-16(19)17-21-18(24-13-8-6-12(10-20)7-9-13)14-4-2-3-5-15(14)23(17)22-11/h2-9H,1H3. The predicted molar refractivity (Wildman–Crippen MR) is 91.5 cm³/mol. The van der Waals surface area contributed by atoms with Crippen LogP contribution in [0.4, 0.5) is 0 Å². The van der Waals surface area contributed by atoms with Crippen LogP contribution in [0.5, 0.6) is 11.6 Å². The number of nitrogens with zero attached hydrogens (tertiary/aromatic N) is 4. The van der Waals surface area contributed by atoms with Crippen LogP contribution in [0, 0.1) is 18.3 Å². The second-order valence-electron chi connectivity index (χ2n) is 5.31. The molecule has 0 atom stereocenters. The largest absolute Gasteiger partial charge is 0.438 e. The van der Waals surface area contributed by atoms with Gasteiger partial charge in [-0.05, 0) is 43.3 Å². The molecule has 0 aliphatic heterocycles. The second-order valence-corrected chi connectivity index (χ2v) is 5.69. The molecular formula is C18H11ClN4O. The molecule has 116 valence electrons. The number of aromatic nitrogens is 3. The van der Waals surface area contributed by atoms with Gasteiger partial charge >= 0.3 is 0 Å². The van der Waals surface area contributed by atoms with Crippen molar-refractivity contribution in [2.24, 2.45) is 0 Å². The molecule has 4 rings (SSSR count). The van der Waals surface area contributed by atoms with Gasteiger partial charge < -0.3 is 4.74 Å². The Kier molecular flexibility index (Phi) is 3.33. The third-order valence-corrected chi connectivity index (χ3v) is 4.18. The lowest BCUT2D eigenvalue weighted by Gasteiger charge is -2.09. The zero-order chi connectivity index (χ0) is 16.7. The van der Waals surface area contributed by atoms with Crippen LogP contribution in [0.1, 0.15) is 11.3 Å². The van der Waals surface area contributed by atoms with Gasteiger partial charge in [0.05, 0.1) is 28.2 Å². The molecule has 2 aromatic carbocycles. The van der Waals surface area contributed by atoms with Gasteiger partial charge in [0.25, 0.3) is 0 Å². The van der Waals surface area contributed by atoms with Crippen LogP contribution in [0.2, 0.25) is 5.02 Å². The van der Waals surface area contributed by atoms with E-state index in [2.05, 4.69) is 16.2 Å². The molecule has 0 saturated heterocycles. The summed E-state index contributed by atoms with van der Waals surface area (Å²) >= 11 is 6.32. The van der Waals surface area contributed by atoms with Gasteiger partial charge in [0.2, 0.25) is 5.88 Å². The molecule has 2 aromatic heterocycles. The lowest BCUT2D eigenvalue weighted by atomic mass is 10.2. The normalized spacial score (nSPS) is 10.9. The lowest BCUT2D eigenvalue weighted by molar-refractivity contribution is 0.469. The monoisotopic (exact) mass is 334 g/mol. The Labute approximate surface area is 142 Å². The van der Waals surface area contributed by atoms with Crippen molar-refractivity contribution in [3.8, 4) is 17.7 Å². The highest BCUT2D eigenvalue weighted by atomic mass is 35.5. The summed E-state index contributed by atoms with van der Waals surface area (Å²) in [7, 11) is 0. The van der Waals surface area contributed by atoms with Crippen molar-refractivity contribution in [3.05, 3.63) is 64.8 Å². The molecule has 24 heavy (non-hydrogen) atoms. The van der Waals surface area contributed by atoms with Crippen molar-refractivity contribution in [2.45, 2.75) is 6.92 Å². The minimum absolute atomic E-state index is 0.449. The van der Waals surface area contributed by atoms with Crippen molar-refractivity contribution in [3.63, 3.8) is 0 Å². The molecular weight excluding hydrogens is 324 g/mol. The summed E-state index contributed by atoms with van der Waals surface area (Å²) in [5.74, 6) is 1.05. The fraction of sp³-hybridized carbons (Fsp3) is 0.0556. The number of hydrogen-bond donors (Lipinski definition) is 0. The van der Waals surface area contributed by atoms with E-state index < -0.39 is 0 Å². The molecule has 0 aliphatic rings. The number of benzene rings is 2. The number of para-hydroxylation sites is 1. The van der Waals surface area contributed by atoms with Crippen LogP contribution in [-0.4, -0.2) is 14.6 Å². The van der Waals surface area contributed by atoms with Crippen molar-refractivity contribution in [2.75, 3.05) is 0 Å². The van der Waals surface area contributed by atoms with Crippen LogP contribution in [0.15, 0.2) is 48.5 Å². The first-order chi connectivity index (χ1) is 11.7. The van der Waals surface area contributed by atoms with Gasteiger partial charge in [-0.3, -0.25) is 0 Å². The molecule has 5 nitrogen and oxygen atoms in total. The summed E-state index contributed by atoms with van der Waals surface area (Å²) < 4.78 is 7.66. The molecule has 0 saturated carbocycles. The zero-order valence-electron chi connectivity index (χ0n) is 12.7. The first-order valence-corrected chi connectivity index (χ1v) is 7.67. The molecule has 0 unspecified atom stereocenters. The maximum Gasteiger partial charge on any atom is 0.230 e. The van der Waals surface area contributed by atoms with Crippen LogP contribution >= 0.6 is 11.6 Å². The summed E-state index contributed by atoms with van der Waals surface area (Å²) in [6, 6.07) is 16.7. The predicted octanol–water partition coefficient (Wildman–Crippen LogP) is 4.51. The van der Waals surface area contributed by atoms with Gasteiger partial charge in [-0.2, -0.15) is 15.3 Å². The minimum Gasteiger partial charge on any atom is -0.438 e. The molecule has 0 spiro atoms. The van der Waals surface area contributed by atoms with Gasteiger partial charge in [-0.25, -0.2) is 4.52 Å². The van der Waals surface area contributed by atoms with E-state index in [-0.39, 0.29) is 0 Å². The molecule has 2 heterocycles. The van der Waals surface area contributed by atoms with E-state index in [1.165, 1.54) is 0 Å². The Balaban J connectivity index is 1.92. The number of halogens is 1. The fourth-order valence-corrected chi connectivity index (χ4v) is 2.70. The molecule has 0 aliphatic carbocycles. The molecule has 0 N–H and O–H groups in total. The summed E-state index contributed by atoms with van der Waals surface area (Å²) in [5.41, 5.74) is 2.70. The zero-order valence-corrected chi connectivity index (χ0v) is 13.4. The quantitative estimate of drug-likeness (QED) is 0.541. The number of rotatable bonds is 2. The molecule has 0 bridgehead atoms. The highest BCUT2D eigenvalue weighted by Crippen LogP contribution is 2.32. The van der Waals surface area contributed by atoms with E-state index in [0.29, 0.717) is 33.6 Å². The van der Waals surface area contributed by atoms with Crippen molar-refractivity contribution < 1.29 is 4.74 Å². The Hall–Kier alpha value is -3.10. The molecule has 0 fully saturated rings. The maximum absolute atomic E-state index is 8.88. The highest BCUT2D eigenvalue weighted by molar-refractivity contribution is 6.34. The van der Waals surface area contributed by atoms with Crippen molar-refractivity contribution in [1.29, 1.82) is 5.26 Å². The van der Waals surface area contributed by atoms with E-state index in [9.17, 15) is 0 Å². The van der Waals surface area contributed by atoms with Crippen LogP contribution < -0.4 is 4.74 Å². The highest BCUT2D eigenvalue weighted by Gasteiger charge is 2.15. The number of fused-ring (bicyclic) bond motifs is 3. The van der Waals surface area contributed by atoms with Crippen molar-refractivity contribution in [1.82, 2.24) is 14.6 Å². The third-order valence-electron chi connectivity index (χ3n) is 3.73. The van der Waals surface area contributed by atoms with E-state index in [4.69, 9.17) is 21.6 Å². The topological polar surface area (TPSA) is 63.2 Å². The Morgan fingerprint density at radius 1 is 1.12 bits per heavy atom. The molecule has 0 radical (unpaired) electrons.